The zero-order valence-electron chi connectivity index (χ0n) is 10.4. The van der Waals surface area contributed by atoms with Crippen molar-refractivity contribution < 1.29 is 9.53 Å². The summed E-state index contributed by atoms with van der Waals surface area (Å²) in [4.78, 5) is 16.6. The molecular formula is C13H17ClN2O2. The number of carbonyl (C=O) groups is 1. The molecule has 1 aromatic heterocycles. The predicted octanol–water partition coefficient (Wildman–Crippen LogP) is 2.85. The van der Waals surface area contributed by atoms with Gasteiger partial charge in [0.05, 0.1) is 10.6 Å². The van der Waals surface area contributed by atoms with E-state index in [1.54, 1.807) is 13.2 Å². The Morgan fingerprint density at radius 2 is 2.11 bits per heavy atom. The van der Waals surface area contributed by atoms with E-state index >= 15 is 0 Å². The van der Waals surface area contributed by atoms with Gasteiger partial charge >= 0.3 is 0 Å². The molecule has 2 N–H and O–H groups in total. The van der Waals surface area contributed by atoms with Gasteiger partial charge in [0.2, 0.25) is 0 Å². The second-order valence-electron chi connectivity index (χ2n) is 4.67. The van der Waals surface area contributed by atoms with Gasteiger partial charge in [-0.3, -0.25) is 4.79 Å². The van der Waals surface area contributed by atoms with Crippen LogP contribution in [0.2, 0.25) is 5.02 Å². The van der Waals surface area contributed by atoms with Crippen molar-refractivity contribution in [2.75, 3.05) is 12.8 Å². The molecule has 1 aromatic rings. The van der Waals surface area contributed by atoms with E-state index in [2.05, 4.69) is 4.98 Å². The normalized spacial score (nSPS) is 18.6. The lowest BCUT2D eigenvalue weighted by Crippen LogP contribution is -2.43. The summed E-state index contributed by atoms with van der Waals surface area (Å²) in [7, 11) is 1.58. The van der Waals surface area contributed by atoms with Gasteiger partial charge in [-0.15, -0.1) is 0 Å². The van der Waals surface area contributed by atoms with Crippen LogP contribution in [0.25, 0.3) is 0 Å². The van der Waals surface area contributed by atoms with Gasteiger partial charge in [0, 0.05) is 13.3 Å². The fraction of sp³-hybridized carbons (Fsp3) is 0.538. The molecule has 1 saturated carbocycles. The lowest BCUT2D eigenvalue weighted by atomic mass is 9.79. The molecular weight excluding hydrogens is 252 g/mol. The Morgan fingerprint density at radius 3 is 2.72 bits per heavy atom. The second-order valence-corrected chi connectivity index (χ2v) is 5.11. The molecule has 4 nitrogen and oxygen atoms in total. The van der Waals surface area contributed by atoms with Crippen molar-refractivity contribution in [2.45, 2.75) is 37.7 Å². The van der Waals surface area contributed by atoms with Crippen molar-refractivity contribution in [3.8, 4) is 0 Å². The number of carbonyl (C=O) groups excluding carboxylic acids is 1. The van der Waals surface area contributed by atoms with Crippen LogP contribution in [0.1, 0.15) is 42.5 Å². The Hall–Kier alpha value is -1.13. The maximum absolute atomic E-state index is 12.6. The molecule has 0 amide bonds. The molecule has 0 bridgehead atoms. The van der Waals surface area contributed by atoms with E-state index in [9.17, 15) is 4.79 Å². The van der Waals surface area contributed by atoms with Crippen LogP contribution in [-0.2, 0) is 4.74 Å². The number of ether oxygens (including phenoxy) is 1. The van der Waals surface area contributed by atoms with Crippen LogP contribution in [0, 0.1) is 0 Å². The van der Waals surface area contributed by atoms with Gasteiger partial charge in [0.25, 0.3) is 0 Å². The first-order chi connectivity index (χ1) is 8.59. The number of halogens is 1. The van der Waals surface area contributed by atoms with E-state index < -0.39 is 5.60 Å². The molecule has 0 unspecified atom stereocenters. The lowest BCUT2D eigenvalue weighted by Gasteiger charge is -2.34. The van der Waals surface area contributed by atoms with Crippen LogP contribution < -0.4 is 5.73 Å². The maximum Gasteiger partial charge on any atom is 0.198 e. The minimum atomic E-state index is -0.751. The molecule has 1 heterocycles. The number of hydrogen-bond donors (Lipinski definition) is 1. The quantitative estimate of drug-likeness (QED) is 0.856. The summed E-state index contributed by atoms with van der Waals surface area (Å²) in [6, 6.07) is 1.57. The van der Waals surface area contributed by atoms with Crippen LogP contribution in [-0.4, -0.2) is 23.5 Å². The van der Waals surface area contributed by atoms with E-state index in [-0.39, 0.29) is 11.6 Å². The van der Waals surface area contributed by atoms with Gasteiger partial charge in [-0.05, 0) is 18.9 Å². The number of nitrogens with zero attached hydrogens (tertiary/aromatic N) is 1. The summed E-state index contributed by atoms with van der Waals surface area (Å²) in [5.74, 6) is 0.114. The Bertz CT molecular complexity index is 456. The Kier molecular flexibility index (Phi) is 3.88. The van der Waals surface area contributed by atoms with Crippen molar-refractivity contribution >= 4 is 23.2 Å². The highest BCUT2D eigenvalue weighted by Crippen LogP contribution is 2.35. The summed E-state index contributed by atoms with van der Waals surface area (Å²) in [5.41, 5.74) is 5.38. The number of rotatable bonds is 3. The van der Waals surface area contributed by atoms with Crippen molar-refractivity contribution in [3.05, 3.63) is 22.8 Å². The number of Topliss-reactive ketones (excluding diaryl/α,β-unsaturated/α-hetero) is 1. The third-order valence-corrected chi connectivity index (χ3v) is 3.80. The molecule has 1 aliphatic carbocycles. The van der Waals surface area contributed by atoms with Crippen molar-refractivity contribution in [1.29, 1.82) is 0 Å². The maximum atomic E-state index is 12.6. The highest BCUT2D eigenvalue weighted by molar-refractivity contribution is 6.31. The number of anilines is 1. The minimum absolute atomic E-state index is 0.0998. The van der Waals surface area contributed by atoms with Crippen molar-refractivity contribution in [1.82, 2.24) is 4.98 Å². The smallest absolute Gasteiger partial charge is 0.198 e. The van der Waals surface area contributed by atoms with Gasteiger partial charge in [0.1, 0.15) is 11.4 Å². The Labute approximate surface area is 111 Å². The summed E-state index contributed by atoms with van der Waals surface area (Å²) >= 11 is 5.88. The monoisotopic (exact) mass is 268 g/mol. The summed E-state index contributed by atoms with van der Waals surface area (Å²) < 4.78 is 5.51. The number of hydrogen-bond acceptors (Lipinski definition) is 4. The largest absolute Gasteiger partial charge is 0.383 e. The zero-order chi connectivity index (χ0) is 13.2. The molecule has 1 aliphatic rings. The third kappa shape index (κ3) is 2.35. The molecule has 1 fully saturated rings. The highest BCUT2D eigenvalue weighted by Gasteiger charge is 2.40. The van der Waals surface area contributed by atoms with E-state index in [0.29, 0.717) is 10.6 Å². The van der Waals surface area contributed by atoms with Crippen LogP contribution in [0.15, 0.2) is 12.3 Å². The van der Waals surface area contributed by atoms with E-state index in [1.807, 2.05) is 0 Å². The number of pyridine rings is 1. The molecule has 0 saturated heterocycles. The molecule has 0 radical (unpaired) electrons. The zero-order valence-corrected chi connectivity index (χ0v) is 11.2. The van der Waals surface area contributed by atoms with E-state index in [4.69, 9.17) is 22.1 Å². The van der Waals surface area contributed by atoms with Crippen LogP contribution >= 0.6 is 11.6 Å². The minimum Gasteiger partial charge on any atom is -0.383 e. The molecule has 2 rings (SSSR count). The molecule has 0 atom stereocenters. The van der Waals surface area contributed by atoms with Gasteiger partial charge < -0.3 is 10.5 Å². The molecule has 18 heavy (non-hydrogen) atoms. The van der Waals surface area contributed by atoms with Crippen LogP contribution in [0.3, 0.4) is 0 Å². The fourth-order valence-electron chi connectivity index (χ4n) is 2.52. The first kappa shape index (κ1) is 13.3. The molecule has 0 spiro atoms. The number of ketones is 1. The predicted molar refractivity (Wildman–Crippen MR) is 70.8 cm³/mol. The van der Waals surface area contributed by atoms with Gasteiger partial charge in [-0.2, -0.15) is 0 Å². The van der Waals surface area contributed by atoms with Crippen LogP contribution in [0.4, 0.5) is 5.82 Å². The van der Waals surface area contributed by atoms with Crippen LogP contribution in [0.5, 0.6) is 0 Å². The van der Waals surface area contributed by atoms with Gasteiger partial charge in [0.15, 0.2) is 5.78 Å². The van der Waals surface area contributed by atoms with E-state index in [1.165, 1.54) is 6.20 Å². The second kappa shape index (κ2) is 5.24. The number of aromatic nitrogens is 1. The Balaban J connectivity index is 2.36. The summed E-state index contributed by atoms with van der Waals surface area (Å²) in [5, 5.41) is 0.412. The SMILES string of the molecule is COC1(C(=O)c2cc(Cl)cnc2N)CCCCC1. The average Bonchev–Trinajstić information content (AvgIpc) is 2.41. The fourth-order valence-corrected chi connectivity index (χ4v) is 2.68. The average molecular weight is 269 g/mol. The Morgan fingerprint density at radius 1 is 1.44 bits per heavy atom. The molecule has 0 aliphatic heterocycles. The number of nitrogen functional groups attached to an aromatic ring is 1. The van der Waals surface area contributed by atoms with Gasteiger partial charge in [-0.1, -0.05) is 30.9 Å². The first-order valence-electron chi connectivity index (χ1n) is 6.10. The number of methoxy groups -OCH3 is 1. The van der Waals surface area contributed by atoms with E-state index in [0.717, 1.165) is 32.1 Å². The first-order valence-corrected chi connectivity index (χ1v) is 6.48. The summed E-state index contributed by atoms with van der Waals surface area (Å²) in [6.07, 6.45) is 6.03. The van der Waals surface area contributed by atoms with Crippen molar-refractivity contribution in [2.24, 2.45) is 0 Å². The van der Waals surface area contributed by atoms with Gasteiger partial charge in [-0.25, -0.2) is 4.98 Å². The van der Waals surface area contributed by atoms with Crippen molar-refractivity contribution in [3.63, 3.8) is 0 Å². The number of nitrogens with two attached hydrogens (primary N) is 1. The lowest BCUT2D eigenvalue weighted by molar-refractivity contribution is -0.0193. The molecule has 98 valence electrons. The standard InChI is InChI=1S/C13H17ClN2O2/c1-18-13(5-3-2-4-6-13)11(17)10-7-9(14)8-16-12(10)15/h7-8H,2-6H2,1H3,(H2,15,16). The molecule has 5 heteroatoms. The highest BCUT2D eigenvalue weighted by atomic mass is 35.5. The molecule has 0 aromatic carbocycles. The topological polar surface area (TPSA) is 65.2 Å². The third-order valence-electron chi connectivity index (χ3n) is 3.60. The summed E-state index contributed by atoms with van der Waals surface area (Å²) in [6.45, 7) is 0.